The van der Waals surface area contributed by atoms with Gasteiger partial charge in [-0.25, -0.2) is 4.79 Å². The van der Waals surface area contributed by atoms with E-state index < -0.39 is 5.97 Å². The predicted octanol–water partition coefficient (Wildman–Crippen LogP) is 4.17. The van der Waals surface area contributed by atoms with Crippen LogP contribution in [-0.2, 0) is 9.59 Å². The Kier molecular flexibility index (Phi) is 5.07. The number of anilines is 1. The van der Waals surface area contributed by atoms with Gasteiger partial charge in [-0.15, -0.1) is 0 Å². The van der Waals surface area contributed by atoms with Gasteiger partial charge in [-0.3, -0.25) is 4.79 Å². The molecule has 1 aliphatic rings. The number of hydrogen-bond donors (Lipinski definition) is 2. The number of amides is 1. The van der Waals surface area contributed by atoms with Gasteiger partial charge in [0.2, 0.25) is 0 Å². The second-order valence-electron chi connectivity index (χ2n) is 6.25. The van der Waals surface area contributed by atoms with Crippen LogP contribution >= 0.6 is 0 Å². The molecule has 0 fully saturated rings. The quantitative estimate of drug-likeness (QED) is 0.847. The number of nitrogens with one attached hydrogen (secondary N) is 1. The highest BCUT2D eigenvalue weighted by molar-refractivity contribution is 6.09. The summed E-state index contributed by atoms with van der Waals surface area (Å²) in [5.74, 6) is -0.674. The summed E-state index contributed by atoms with van der Waals surface area (Å²) in [4.78, 5) is 23.8. The fraction of sp³-hybridized carbons (Fsp3) is 0.238. The van der Waals surface area contributed by atoms with E-state index in [1.54, 1.807) is 7.11 Å². The van der Waals surface area contributed by atoms with Gasteiger partial charge >= 0.3 is 5.97 Å². The fourth-order valence-corrected chi connectivity index (χ4v) is 3.36. The molecule has 3 rings (SSSR count). The molecule has 0 unspecified atom stereocenters. The zero-order chi connectivity index (χ0) is 18.7. The summed E-state index contributed by atoms with van der Waals surface area (Å²) in [7, 11) is 1.60. The number of hydrogen-bond acceptors (Lipinski definition) is 3. The van der Waals surface area contributed by atoms with Crippen LogP contribution in [0.15, 0.2) is 53.6 Å². The number of ether oxygens (including phenoxy) is 1. The first-order valence-corrected chi connectivity index (χ1v) is 8.52. The van der Waals surface area contributed by atoms with Gasteiger partial charge in [-0.1, -0.05) is 30.3 Å². The fourth-order valence-electron chi connectivity index (χ4n) is 3.36. The van der Waals surface area contributed by atoms with E-state index in [2.05, 4.69) is 5.32 Å². The van der Waals surface area contributed by atoms with E-state index in [9.17, 15) is 14.7 Å². The molecule has 0 radical (unpaired) electrons. The number of benzene rings is 2. The van der Waals surface area contributed by atoms with Crippen LogP contribution in [0.2, 0.25) is 0 Å². The Morgan fingerprint density at radius 2 is 1.73 bits per heavy atom. The first-order chi connectivity index (χ1) is 12.5. The summed E-state index contributed by atoms with van der Waals surface area (Å²) in [6.07, 6.45) is 1.62. The molecule has 2 N–H and O–H groups in total. The van der Waals surface area contributed by atoms with Gasteiger partial charge in [0.05, 0.1) is 7.11 Å². The number of rotatable bonds is 5. The molecule has 1 amide bonds. The molecule has 0 aromatic heterocycles. The molecule has 0 saturated carbocycles. The monoisotopic (exact) mass is 351 g/mol. The van der Waals surface area contributed by atoms with Crippen LogP contribution < -0.4 is 10.1 Å². The van der Waals surface area contributed by atoms with E-state index in [-0.39, 0.29) is 11.5 Å². The molecule has 5 nitrogen and oxygen atoms in total. The maximum atomic E-state index is 12.6. The van der Waals surface area contributed by atoms with Gasteiger partial charge in [0.15, 0.2) is 0 Å². The van der Waals surface area contributed by atoms with Gasteiger partial charge in [-0.05, 0) is 43.9 Å². The third kappa shape index (κ3) is 3.33. The molecule has 0 heterocycles. The molecule has 1 aliphatic carbocycles. The minimum Gasteiger partial charge on any atom is -0.496 e. The molecule has 2 aromatic carbocycles. The Hall–Kier alpha value is -3.08. The van der Waals surface area contributed by atoms with Crippen LogP contribution in [0.1, 0.15) is 24.8 Å². The van der Waals surface area contributed by atoms with Crippen molar-refractivity contribution < 1.29 is 19.4 Å². The van der Waals surface area contributed by atoms with E-state index in [1.807, 2.05) is 49.4 Å². The van der Waals surface area contributed by atoms with Gasteiger partial charge < -0.3 is 15.2 Å². The van der Waals surface area contributed by atoms with Crippen molar-refractivity contribution in [1.82, 2.24) is 0 Å². The standard InChI is InChI=1S/C21H21NO4/c1-13-18(22-20(23)16-9-6-10-17(16)21(24)25)12-11-15(19(13)26-2)14-7-4-3-5-8-14/h3-5,7-8,11-12H,6,9-10H2,1-2H3,(H,22,23)(H,24,25). The van der Waals surface area contributed by atoms with Crippen molar-refractivity contribution in [2.45, 2.75) is 26.2 Å². The summed E-state index contributed by atoms with van der Waals surface area (Å²) in [5, 5.41) is 12.1. The van der Waals surface area contributed by atoms with E-state index in [0.29, 0.717) is 36.3 Å². The van der Waals surface area contributed by atoms with Crippen molar-refractivity contribution in [1.29, 1.82) is 0 Å². The number of carboxylic acids is 1. The van der Waals surface area contributed by atoms with Gasteiger partial charge in [0.1, 0.15) is 5.75 Å². The van der Waals surface area contributed by atoms with Crippen LogP contribution in [0, 0.1) is 6.92 Å². The highest BCUT2D eigenvalue weighted by atomic mass is 16.5. The van der Waals surface area contributed by atoms with Crippen molar-refractivity contribution in [3.05, 3.63) is 59.2 Å². The second kappa shape index (κ2) is 7.44. The van der Waals surface area contributed by atoms with Crippen LogP contribution in [-0.4, -0.2) is 24.1 Å². The van der Waals surface area contributed by atoms with Gasteiger partial charge in [-0.2, -0.15) is 0 Å². The molecule has 134 valence electrons. The molecule has 0 atom stereocenters. The van der Waals surface area contributed by atoms with Crippen LogP contribution in [0.25, 0.3) is 11.1 Å². The molecule has 26 heavy (non-hydrogen) atoms. The Morgan fingerprint density at radius 3 is 2.38 bits per heavy atom. The zero-order valence-electron chi connectivity index (χ0n) is 14.8. The van der Waals surface area contributed by atoms with E-state index in [0.717, 1.165) is 16.7 Å². The van der Waals surface area contributed by atoms with Crippen LogP contribution in [0.5, 0.6) is 5.75 Å². The summed E-state index contributed by atoms with van der Waals surface area (Å²) in [6.45, 7) is 1.88. The number of carbonyl (C=O) groups is 2. The highest BCUT2D eigenvalue weighted by Gasteiger charge is 2.26. The van der Waals surface area contributed by atoms with Crippen molar-refractivity contribution in [2.24, 2.45) is 0 Å². The normalized spacial score (nSPS) is 13.6. The Bertz CT molecular complexity index is 884. The molecule has 0 saturated heterocycles. The van der Waals surface area contributed by atoms with Crippen molar-refractivity contribution >= 4 is 17.6 Å². The smallest absolute Gasteiger partial charge is 0.332 e. The minimum atomic E-state index is -1.01. The van der Waals surface area contributed by atoms with E-state index in [4.69, 9.17) is 4.74 Å². The molecule has 0 bridgehead atoms. The van der Waals surface area contributed by atoms with Crippen molar-refractivity contribution in [2.75, 3.05) is 12.4 Å². The van der Waals surface area contributed by atoms with Crippen LogP contribution in [0.4, 0.5) is 5.69 Å². The van der Waals surface area contributed by atoms with Crippen molar-refractivity contribution in [3.8, 4) is 16.9 Å². The number of methoxy groups -OCH3 is 1. The van der Waals surface area contributed by atoms with E-state index >= 15 is 0 Å². The van der Waals surface area contributed by atoms with Gasteiger partial charge in [0, 0.05) is 28.0 Å². The topological polar surface area (TPSA) is 75.6 Å². The lowest BCUT2D eigenvalue weighted by molar-refractivity contribution is -0.133. The molecule has 5 heteroatoms. The molecule has 2 aromatic rings. The number of carbonyl (C=O) groups excluding carboxylic acids is 1. The largest absolute Gasteiger partial charge is 0.496 e. The van der Waals surface area contributed by atoms with Crippen LogP contribution in [0.3, 0.4) is 0 Å². The Morgan fingerprint density at radius 1 is 1.04 bits per heavy atom. The maximum Gasteiger partial charge on any atom is 0.332 e. The SMILES string of the molecule is COc1c(-c2ccccc2)ccc(NC(=O)C2=C(C(=O)O)CCC2)c1C. The lowest BCUT2D eigenvalue weighted by Crippen LogP contribution is -2.17. The van der Waals surface area contributed by atoms with Gasteiger partial charge in [0.25, 0.3) is 5.91 Å². The average molecular weight is 351 g/mol. The third-order valence-electron chi connectivity index (χ3n) is 4.69. The zero-order valence-corrected chi connectivity index (χ0v) is 14.8. The molecular weight excluding hydrogens is 330 g/mol. The summed E-state index contributed by atoms with van der Waals surface area (Å²) >= 11 is 0. The number of aliphatic carboxylic acids is 1. The minimum absolute atomic E-state index is 0.216. The first-order valence-electron chi connectivity index (χ1n) is 8.52. The average Bonchev–Trinajstić information content (AvgIpc) is 3.14. The lowest BCUT2D eigenvalue weighted by Gasteiger charge is -2.16. The number of carboxylic acid groups (broad SMARTS) is 1. The lowest BCUT2D eigenvalue weighted by atomic mass is 10.0. The molecule has 0 spiro atoms. The van der Waals surface area contributed by atoms with Crippen molar-refractivity contribution in [3.63, 3.8) is 0 Å². The Labute approximate surface area is 152 Å². The predicted molar refractivity (Wildman–Crippen MR) is 100 cm³/mol. The van der Waals surface area contributed by atoms with E-state index in [1.165, 1.54) is 0 Å². The second-order valence-corrected chi connectivity index (χ2v) is 6.25. The summed E-state index contributed by atoms with van der Waals surface area (Å²) in [5.41, 5.74) is 3.97. The maximum absolute atomic E-state index is 12.6. The third-order valence-corrected chi connectivity index (χ3v) is 4.69. The summed E-state index contributed by atoms with van der Waals surface area (Å²) < 4.78 is 5.58. The molecular formula is C21H21NO4. The highest BCUT2D eigenvalue weighted by Crippen LogP contribution is 2.37. The summed E-state index contributed by atoms with van der Waals surface area (Å²) in [6, 6.07) is 13.6. The first kappa shape index (κ1) is 17.7. The Balaban J connectivity index is 1.94. The molecule has 0 aliphatic heterocycles.